The average molecular weight is 373 g/mol. The number of thiocarbonyl (C=S) groups is 1. The number of hydrogen-bond donors (Lipinski definition) is 1. The van der Waals surface area contributed by atoms with Crippen molar-refractivity contribution in [1.82, 2.24) is 4.90 Å². The lowest BCUT2D eigenvalue weighted by molar-refractivity contribution is -0.137. The number of thioether (sulfide) groups is 1. The van der Waals surface area contributed by atoms with Crippen molar-refractivity contribution in [2.24, 2.45) is 0 Å². The molecular formula is C17H11NO5S2. The predicted octanol–water partition coefficient (Wildman–Crippen LogP) is 2.51. The first-order valence-corrected chi connectivity index (χ1v) is 8.30. The van der Waals surface area contributed by atoms with Gasteiger partial charge < -0.3 is 9.84 Å². The average Bonchev–Trinajstić information content (AvgIpc) is 2.77. The van der Waals surface area contributed by atoms with Crippen LogP contribution in [0.4, 0.5) is 0 Å². The van der Waals surface area contributed by atoms with Crippen LogP contribution in [-0.4, -0.2) is 32.0 Å². The summed E-state index contributed by atoms with van der Waals surface area (Å²) in [5.41, 5.74) is 0.361. The van der Waals surface area contributed by atoms with Gasteiger partial charge in [-0.2, -0.15) is 0 Å². The van der Waals surface area contributed by atoms with Gasteiger partial charge in [0.1, 0.15) is 17.1 Å². The second kappa shape index (κ2) is 6.66. The van der Waals surface area contributed by atoms with Crippen LogP contribution in [0.5, 0.6) is 5.75 Å². The van der Waals surface area contributed by atoms with E-state index in [-0.39, 0.29) is 21.4 Å². The summed E-state index contributed by atoms with van der Waals surface area (Å²) in [5, 5.41) is 9.49. The van der Waals surface area contributed by atoms with E-state index in [1.807, 2.05) is 0 Å². The van der Waals surface area contributed by atoms with E-state index >= 15 is 0 Å². The molecule has 25 heavy (non-hydrogen) atoms. The predicted molar refractivity (Wildman–Crippen MR) is 96.1 cm³/mol. The zero-order valence-electron chi connectivity index (χ0n) is 12.9. The van der Waals surface area contributed by atoms with Gasteiger partial charge in [0.25, 0.3) is 5.91 Å². The van der Waals surface area contributed by atoms with E-state index in [0.717, 1.165) is 22.9 Å². The molecule has 2 heterocycles. The van der Waals surface area contributed by atoms with Gasteiger partial charge in [0, 0.05) is 12.3 Å². The topological polar surface area (TPSA) is 83.9 Å². The number of carbonyl (C=O) groups excluding carboxylic acids is 3. The molecule has 1 saturated heterocycles. The molecule has 2 aliphatic heterocycles. The third kappa shape index (κ3) is 3.54. The molecule has 1 fully saturated rings. The molecule has 8 heteroatoms. The molecule has 1 amide bonds. The SMILES string of the molecule is CC1=CC(=O)/C(=C\N2C(=O)/C(=C/c3cccc(O)c3)SC2=S)C(=O)O1. The monoisotopic (exact) mass is 373 g/mol. The number of aromatic hydroxyl groups is 1. The maximum absolute atomic E-state index is 12.5. The van der Waals surface area contributed by atoms with Crippen molar-refractivity contribution in [2.75, 3.05) is 0 Å². The lowest BCUT2D eigenvalue weighted by Crippen LogP contribution is -2.27. The molecule has 1 N–H and O–H groups in total. The highest BCUT2D eigenvalue weighted by Crippen LogP contribution is 2.34. The van der Waals surface area contributed by atoms with Crippen molar-refractivity contribution in [3.05, 3.63) is 58.3 Å². The number of phenolic OH excluding ortho intramolecular Hbond substituents is 1. The van der Waals surface area contributed by atoms with E-state index in [9.17, 15) is 19.5 Å². The van der Waals surface area contributed by atoms with Gasteiger partial charge in [-0.1, -0.05) is 36.1 Å². The summed E-state index contributed by atoms with van der Waals surface area (Å²) in [5.74, 6) is -1.56. The summed E-state index contributed by atoms with van der Waals surface area (Å²) in [7, 11) is 0. The van der Waals surface area contributed by atoms with Gasteiger partial charge in [-0.15, -0.1) is 0 Å². The summed E-state index contributed by atoms with van der Waals surface area (Å²) in [6.07, 6.45) is 3.85. The van der Waals surface area contributed by atoms with E-state index in [0.29, 0.717) is 10.5 Å². The molecule has 3 rings (SSSR count). The van der Waals surface area contributed by atoms with Crippen LogP contribution in [0, 0.1) is 0 Å². The molecule has 0 unspecified atom stereocenters. The first-order valence-electron chi connectivity index (χ1n) is 7.08. The van der Waals surface area contributed by atoms with Crippen LogP contribution in [-0.2, 0) is 19.1 Å². The molecule has 1 aromatic carbocycles. The molecule has 126 valence electrons. The number of carbonyl (C=O) groups is 3. The third-order valence-electron chi connectivity index (χ3n) is 3.32. The Morgan fingerprint density at radius 1 is 1.28 bits per heavy atom. The van der Waals surface area contributed by atoms with Crippen molar-refractivity contribution in [3.8, 4) is 5.75 Å². The second-order valence-corrected chi connectivity index (χ2v) is 6.87. The largest absolute Gasteiger partial charge is 0.508 e. The van der Waals surface area contributed by atoms with E-state index in [2.05, 4.69) is 0 Å². The van der Waals surface area contributed by atoms with Crippen LogP contribution in [0.3, 0.4) is 0 Å². The molecule has 0 radical (unpaired) electrons. The summed E-state index contributed by atoms with van der Waals surface area (Å²) >= 11 is 6.20. The molecule has 0 aromatic heterocycles. The minimum Gasteiger partial charge on any atom is -0.508 e. The van der Waals surface area contributed by atoms with Crippen molar-refractivity contribution < 1.29 is 24.2 Å². The van der Waals surface area contributed by atoms with E-state index in [1.165, 1.54) is 25.1 Å². The van der Waals surface area contributed by atoms with Gasteiger partial charge in [-0.25, -0.2) is 4.79 Å². The Hall–Kier alpha value is -2.71. The van der Waals surface area contributed by atoms with Crippen molar-refractivity contribution >= 4 is 52.0 Å². The zero-order chi connectivity index (χ0) is 18.1. The smallest absolute Gasteiger partial charge is 0.348 e. The fraction of sp³-hybridized carbons (Fsp3) is 0.0588. The zero-order valence-corrected chi connectivity index (χ0v) is 14.5. The van der Waals surface area contributed by atoms with Gasteiger partial charge in [-0.05, 0) is 30.7 Å². The number of ketones is 1. The van der Waals surface area contributed by atoms with Gasteiger partial charge >= 0.3 is 5.97 Å². The van der Waals surface area contributed by atoms with Crippen LogP contribution in [0.15, 0.2) is 52.8 Å². The number of esters is 1. The Bertz CT molecular complexity index is 913. The number of nitrogens with zero attached hydrogens (tertiary/aromatic N) is 1. The van der Waals surface area contributed by atoms with Crippen molar-refractivity contribution in [3.63, 3.8) is 0 Å². The molecule has 0 spiro atoms. The highest BCUT2D eigenvalue weighted by Gasteiger charge is 2.34. The quantitative estimate of drug-likeness (QED) is 0.369. The van der Waals surface area contributed by atoms with Crippen LogP contribution < -0.4 is 0 Å². The summed E-state index contributed by atoms with van der Waals surface area (Å²) < 4.78 is 5.08. The Labute approximate surface area is 152 Å². The van der Waals surface area contributed by atoms with Crippen LogP contribution in [0.2, 0.25) is 0 Å². The molecule has 6 nitrogen and oxygen atoms in total. The van der Waals surface area contributed by atoms with E-state index < -0.39 is 17.7 Å². The van der Waals surface area contributed by atoms with Gasteiger partial charge in [-0.3, -0.25) is 14.5 Å². The number of hydrogen-bond acceptors (Lipinski definition) is 7. The molecule has 0 bridgehead atoms. The maximum atomic E-state index is 12.5. The first kappa shape index (κ1) is 17.1. The van der Waals surface area contributed by atoms with Crippen molar-refractivity contribution in [1.29, 1.82) is 0 Å². The first-order chi connectivity index (χ1) is 11.8. The highest BCUT2D eigenvalue weighted by atomic mass is 32.2. The molecule has 0 saturated carbocycles. The number of benzene rings is 1. The minimum atomic E-state index is -0.823. The van der Waals surface area contributed by atoms with Crippen LogP contribution in [0.25, 0.3) is 6.08 Å². The minimum absolute atomic E-state index is 0.0732. The summed E-state index contributed by atoms with van der Waals surface area (Å²) in [4.78, 5) is 37.7. The maximum Gasteiger partial charge on any atom is 0.348 e. The third-order valence-corrected chi connectivity index (χ3v) is 4.65. The number of cyclic esters (lactones) is 1. The Kier molecular flexibility index (Phi) is 4.56. The standard InChI is InChI=1S/C17H11NO5S2/c1-9-5-13(20)12(16(22)23-9)8-18-15(21)14(25-17(18)24)7-10-3-2-4-11(19)6-10/h2-8,19H,1H3/b12-8+,14-7-. The van der Waals surface area contributed by atoms with Gasteiger partial charge in [0.05, 0.1) is 4.91 Å². The molecular weight excluding hydrogens is 362 g/mol. The van der Waals surface area contributed by atoms with Crippen molar-refractivity contribution in [2.45, 2.75) is 6.92 Å². The Morgan fingerprint density at radius 2 is 2.04 bits per heavy atom. The number of amides is 1. The van der Waals surface area contributed by atoms with Crippen LogP contribution in [0.1, 0.15) is 12.5 Å². The summed E-state index contributed by atoms with van der Waals surface area (Å²) in [6.45, 7) is 1.49. The Morgan fingerprint density at radius 3 is 2.72 bits per heavy atom. The normalized spacial score (nSPS) is 21.2. The molecule has 0 aliphatic carbocycles. The number of allylic oxidation sites excluding steroid dienone is 2. The highest BCUT2D eigenvalue weighted by molar-refractivity contribution is 8.26. The van der Waals surface area contributed by atoms with Gasteiger partial charge in [0.15, 0.2) is 10.1 Å². The summed E-state index contributed by atoms with van der Waals surface area (Å²) in [6, 6.07) is 6.39. The van der Waals surface area contributed by atoms with Crippen LogP contribution >= 0.6 is 24.0 Å². The molecule has 1 aromatic rings. The van der Waals surface area contributed by atoms with E-state index in [4.69, 9.17) is 17.0 Å². The fourth-order valence-corrected chi connectivity index (χ4v) is 3.40. The fourth-order valence-electron chi connectivity index (χ4n) is 2.20. The number of ether oxygens (including phenoxy) is 1. The molecule has 2 aliphatic rings. The second-order valence-electron chi connectivity index (χ2n) is 5.20. The Balaban J connectivity index is 1.91. The van der Waals surface area contributed by atoms with E-state index in [1.54, 1.807) is 18.2 Å². The molecule has 0 atom stereocenters. The number of rotatable bonds is 2. The lowest BCUT2D eigenvalue weighted by atomic mass is 10.1. The lowest BCUT2D eigenvalue weighted by Gasteiger charge is -2.14. The number of phenols is 1. The van der Waals surface area contributed by atoms with Gasteiger partial charge in [0.2, 0.25) is 0 Å².